The normalized spacial score (nSPS) is 12.4. The molecule has 2 aromatic rings. The average molecular weight is 278 g/mol. The van der Waals surface area contributed by atoms with Gasteiger partial charge in [-0.1, -0.05) is 42.5 Å². The second-order valence-electron chi connectivity index (χ2n) is 3.56. The lowest BCUT2D eigenvalue weighted by atomic mass is 10.0. The van der Waals surface area contributed by atoms with E-state index in [1.54, 1.807) is 0 Å². The third kappa shape index (κ3) is 2.10. The molecular weight excluding hydrogens is 266 g/mol. The van der Waals surface area contributed by atoms with E-state index in [1.165, 1.54) is 0 Å². The van der Waals surface area contributed by atoms with Crippen LogP contribution in [-0.4, -0.2) is 5.11 Å². The zero-order valence-corrected chi connectivity index (χ0v) is 10.2. The zero-order valence-electron chi connectivity index (χ0n) is 8.60. The molecule has 0 aliphatic heterocycles. The van der Waals surface area contributed by atoms with Gasteiger partial charge in [0.05, 0.1) is 5.69 Å². The molecule has 0 amide bonds. The first-order valence-electron chi connectivity index (χ1n) is 4.97. The topological polar surface area (TPSA) is 46.2 Å². The maximum Gasteiger partial charge on any atom is 0.106 e. The number of rotatable bonds is 2. The highest BCUT2D eigenvalue weighted by Gasteiger charge is 2.13. The van der Waals surface area contributed by atoms with Gasteiger partial charge in [-0.3, -0.25) is 0 Å². The van der Waals surface area contributed by atoms with Crippen molar-refractivity contribution in [2.75, 3.05) is 5.73 Å². The van der Waals surface area contributed by atoms with Crippen LogP contribution in [0, 0.1) is 0 Å². The van der Waals surface area contributed by atoms with Crippen molar-refractivity contribution in [3.63, 3.8) is 0 Å². The lowest BCUT2D eigenvalue weighted by Crippen LogP contribution is -2.04. The quantitative estimate of drug-likeness (QED) is 0.829. The van der Waals surface area contributed by atoms with Crippen LogP contribution in [0.4, 0.5) is 5.69 Å². The fourth-order valence-electron chi connectivity index (χ4n) is 1.61. The molecule has 1 atom stereocenters. The first-order valence-corrected chi connectivity index (χ1v) is 5.76. The summed E-state index contributed by atoms with van der Waals surface area (Å²) < 4.78 is 0.806. The smallest absolute Gasteiger partial charge is 0.106 e. The fraction of sp³-hybridized carbons (Fsp3) is 0.0769. The molecule has 3 N–H and O–H groups in total. The van der Waals surface area contributed by atoms with E-state index in [-0.39, 0.29) is 0 Å². The van der Waals surface area contributed by atoms with E-state index in [1.807, 2.05) is 48.5 Å². The maximum atomic E-state index is 10.2. The molecule has 0 saturated heterocycles. The monoisotopic (exact) mass is 277 g/mol. The summed E-state index contributed by atoms with van der Waals surface area (Å²) in [6.45, 7) is 0. The summed E-state index contributed by atoms with van der Waals surface area (Å²) in [5, 5.41) is 10.2. The van der Waals surface area contributed by atoms with Crippen molar-refractivity contribution in [3.8, 4) is 0 Å². The van der Waals surface area contributed by atoms with Crippen LogP contribution in [0.1, 0.15) is 17.2 Å². The van der Waals surface area contributed by atoms with Gasteiger partial charge in [-0.25, -0.2) is 0 Å². The molecule has 3 heteroatoms. The van der Waals surface area contributed by atoms with Gasteiger partial charge in [0, 0.05) is 10.0 Å². The van der Waals surface area contributed by atoms with Gasteiger partial charge in [-0.15, -0.1) is 0 Å². The molecule has 0 saturated carbocycles. The summed E-state index contributed by atoms with van der Waals surface area (Å²) in [5.74, 6) is 0. The lowest BCUT2D eigenvalue weighted by Gasteiger charge is -2.14. The summed E-state index contributed by atoms with van der Waals surface area (Å²) in [4.78, 5) is 0. The lowest BCUT2D eigenvalue weighted by molar-refractivity contribution is 0.221. The Labute approximate surface area is 103 Å². The van der Waals surface area contributed by atoms with E-state index < -0.39 is 6.10 Å². The van der Waals surface area contributed by atoms with E-state index in [0.717, 1.165) is 15.6 Å². The average Bonchev–Trinajstić information content (AvgIpc) is 2.33. The standard InChI is InChI=1S/C13H12BrNO/c14-11-8-4-7-10(12(11)15)13(16)9-5-2-1-3-6-9/h1-8,13,16H,15H2. The van der Waals surface area contributed by atoms with Crippen LogP contribution in [0.2, 0.25) is 0 Å². The molecule has 0 radical (unpaired) electrons. The Bertz CT molecular complexity index is 485. The van der Waals surface area contributed by atoms with Crippen molar-refractivity contribution in [1.82, 2.24) is 0 Å². The number of hydrogen-bond acceptors (Lipinski definition) is 2. The summed E-state index contributed by atoms with van der Waals surface area (Å²) in [6, 6.07) is 15.0. The van der Waals surface area contributed by atoms with Crippen molar-refractivity contribution >= 4 is 21.6 Å². The molecule has 0 aliphatic rings. The van der Waals surface area contributed by atoms with Crippen LogP contribution in [0.25, 0.3) is 0 Å². The van der Waals surface area contributed by atoms with Gasteiger partial charge in [0.15, 0.2) is 0 Å². The summed E-state index contributed by atoms with van der Waals surface area (Å²) in [5.41, 5.74) is 8.06. The first kappa shape index (κ1) is 11.2. The minimum absolute atomic E-state index is 0.582. The van der Waals surface area contributed by atoms with Crippen LogP contribution in [0.5, 0.6) is 0 Å². The van der Waals surface area contributed by atoms with Gasteiger partial charge in [-0.05, 0) is 27.6 Å². The molecule has 0 heterocycles. The molecule has 0 aromatic heterocycles. The van der Waals surface area contributed by atoms with Crippen molar-refractivity contribution in [1.29, 1.82) is 0 Å². The highest BCUT2D eigenvalue weighted by molar-refractivity contribution is 9.10. The third-order valence-corrected chi connectivity index (χ3v) is 3.19. The van der Waals surface area contributed by atoms with Gasteiger partial charge in [0.1, 0.15) is 6.10 Å². The molecule has 0 fully saturated rings. The predicted octanol–water partition coefficient (Wildman–Crippen LogP) is 3.11. The van der Waals surface area contributed by atoms with Crippen LogP contribution in [-0.2, 0) is 0 Å². The second kappa shape index (κ2) is 4.68. The van der Waals surface area contributed by atoms with Gasteiger partial charge in [0.25, 0.3) is 0 Å². The summed E-state index contributed by atoms with van der Waals surface area (Å²) >= 11 is 3.35. The summed E-state index contributed by atoms with van der Waals surface area (Å²) in [6.07, 6.45) is -0.682. The highest BCUT2D eigenvalue weighted by Crippen LogP contribution is 2.31. The van der Waals surface area contributed by atoms with Gasteiger partial charge < -0.3 is 10.8 Å². The number of nitrogen functional groups attached to an aromatic ring is 1. The van der Waals surface area contributed by atoms with Crippen LogP contribution >= 0.6 is 15.9 Å². The Kier molecular flexibility index (Phi) is 3.27. The maximum absolute atomic E-state index is 10.2. The molecule has 0 bridgehead atoms. The Morgan fingerprint density at radius 2 is 1.69 bits per heavy atom. The molecule has 1 unspecified atom stereocenters. The van der Waals surface area contributed by atoms with Gasteiger partial charge >= 0.3 is 0 Å². The first-order chi connectivity index (χ1) is 7.70. The van der Waals surface area contributed by atoms with E-state index in [4.69, 9.17) is 5.73 Å². The molecule has 0 spiro atoms. The minimum atomic E-state index is -0.682. The molecule has 2 aromatic carbocycles. The third-order valence-electron chi connectivity index (χ3n) is 2.50. The summed E-state index contributed by atoms with van der Waals surface area (Å²) in [7, 11) is 0. The molecule has 82 valence electrons. The van der Waals surface area contributed by atoms with E-state index >= 15 is 0 Å². The van der Waals surface area contributed by atoms with E-state index in [9.17, 15) is 5.11 Å². The van der Waals surface area contributed by atoms with Crippen molar-refractivity contribution < 1.29 is 5.11 Å². The SMILES string of the molecule is Nc1c(Br)cccc1C(O)c1ccccc1. The van der Waals surface area contributed by atoms with Crippen LogP contribution < -0.4 is 5.73 Å². The number of nitrogens with two attached hydrogens (primary N) is 1. The van der Waals surface area contributed by atoms with Gasteiger partial charge in [0.2, 0.25) is 0 Å². The minimum Gasteiger partial charge on any atom is -0.398 e. The Morgan fingerprint density at radius 3 is 2.38 bits per heavy atom. The number of anilines is 1. The van der Waals surface area contributed by atoms with Crippen molar-refractivity contribution in [3.05, 3.63) is 64.1 Å². The fourth-order valence-corrected chi connectivity index (χ4v) is 1.99. The molecular formula is C13H12BrNO. The highest BCUT2D eigenvalue weighted by atomic mass is 79.9. The number of hydrogen-bond donors (Lipinski definition) is 2. The van der Waals surface area contributed by atoms with Gasteiger partial charge in [-0.2, -0.15) is 0 Å². The second-order valence-corrected chi connectivity index (χ2v) is 4.41. The van der Waals surface area contributed by atoms with Crippen molar-refractivity contribution in [2.24, 2.45) is 0 Å². The number of para-hydroxylation sites is 1. The number of benzene rings is 2. The zero-order chi connectivity index (χ0) is 11.5. The Balaban J connectivity index is 2.42. The number of aliphatic hydroxyl groups excluding tert-OH is 1. The van der Waals surface area contributed by atoms with Crippen LogP contribution in [0.3, 0.4) is 0 Å². The molecule has 2 rings (SSSR count). The number of halogens is 1. The predicted molar refractivity (Wildman–Crippen MR) is 69.1 cm³/mol. The van der Waals surface area contributed by atoms with Crippen molar-refractivity contribution in [2.45, 2.75) is 6.10 Å². The Morgan fingerprint density at radius 1 is 1.00 bits per heavy atom. The molecule has 16 heavy (non-hydrogen) atoms. The largest absolute Gasteiger partial charge is 0.398 e. The Hall–Kier alpha value is -1.32. The van der Waals surface area contributed by atoms with E-state index in [2.05, 4.69) is 15.9 Å². The molecule has 0 aliphatic carbocycles. The van der Waals surface area contributed by atoms with E-state index in [0.29, 0.717) is 5.69 Å². The molecule has 2 nitrogen and oxygen atoms in total. The van der Waals surface area contributed by atoms with Crippen LogP contribution in [0.15, 0.2) is 53.0 Å². The number of aliphatic hydroxyl groups is 1.